The van der Waals surface area contributed by atoms with Gasteiger partial charge >= 0.3 is 0 Å². The van der Waals surface area contributed by atoms with E-state index in [0.29, 0.717) is 5.02 Å². The van der Waals surface area contributed by atoms with E-state index in [1.807, 2.05) is 36.8 Å². The van der Waals surface area contributed by atoms with Gasteiger partial charge in [0.1, 0.15) is 5.75 Å². The molecule has 3 aliphatic rings. The van der Waals surface area contributed by atoms with Crippen LogP contribution in [0.25, 0.3) is 0 Å². The second-order valence-corrected chi connectivity index (χ2v) is 9.12. The van der Waals surface area contributed by atoms with Gasteiger partial charge in [-0.2, -0.15) is 4.57 Å². The number of aromatic hydroxyl groups is 1. The number of nitrogens with zero attached hydrogens (tertiary/aromatic N) is 1. The molecule has 4 aromatic rings. The summed E-state index contributed by atoms with van der Waals surface area (Å²) in [4.78, 5) is 0. The van der Waals surface area contributed by atoms with Crippen LogP contribution in [0.5, 0.6) is 5.75 Å². The van der Waals surface area contributed by atoms with Crippen LogP contribution in [0.1, 0.15) is 46.3 Å². The molecule has 10 heteroatoms. The number of hydrogen-bond donors (Lipinski definition) is 1. The van der Waals surface area contributed by atoms with Gasteiger partial charge in [0.15, 0.2) is 17.9 Å². The van der Waals surface area contributed by atoms with Crippen LogP contribution in [0.3, 0.4) is 0 Å². The van der Waals surface area contributed by atoms with Crippen molar-refractivity contribution in [3.8, 4) is 5.75 Å². The van der Waals surface area contributed by atoms with Gasteiger partial charge < -0.3 is 13.9 Å². The molecule has 2 bridgehead atoms. The van der Waals surface area contributed by atoms with Gasteiger partial charge in [-0.1, -0.05) is 23.7 Å². The first kappa shape index (κ1) is 22.0. The number of pyridine rings is 1. The van der Waals surface area contributed by atoms with Gasteiger partial charge in [0, 0.05) is 40.8 Å². The predicted molar refractivity (Wildman–Crippen MR) is 103 cm³/mol. The molecule has 33 heavy (non-hydrogen) atoms. The monoisotopic (exact) mass is 489 g/mol. The molecule has 3 aromatic heterocycles. The number of phenolic OH excluding ortho intramolecular Hbond substituents is 1. The van der Waals surface area contributed by atoms with E-state index in [9.17, 15) is 5.11 Å². The molecule has 1 aliphatic carbocycles. The second kappa shape index (κ2) is 7.88. The number of benzene rings is 1. The molecule has 0 radical (unpaired) electrons. The zero-order valence-electron chi connectivity index (χ0n) is 16.9. The lowest BCUT2D eigenvalue weighted by atomic mass is 9.54. The fraction of sp³-hybridized carbons (Fsp3) is 0.174. The van der Waals surface area contributed by atoms with Gasteiger partial charge in [0.05, 0.1) is 41.4 Å². The minimum absolute atomic E-state index is 0.0733. The maximum Gasteiger partial charge on any atom is 0.190 e. The van der Waals surface area contributed by atoms with Crippen LogP contribution >= 0.6 is 11.6 Å². The van der Waals surface area contributed by atoms with Crippen LogP contribution in [-0.4, -0.2) is 5.11 Å². The van der Waals surface area contributed by atoms with Gasteiger partial charge in [-0.05, 0) is 18.2 Å². The van der Waals surface area contributed by atoms with Crippen LogP contribution in [0.2, 0.25) is 5.02 Å². The molecule has 0 amide bonds. The fourth-order valence-corrected chi connectivity index (χ4v) is 5.55. The van der Waals surface area contributed by atoms with E-state index in [1.54, 1.807) is 18.6 Å². The highest BCUT2D eigenvalue weighted by molar-refractivity contribution is 6.32. The maximum atomic E-state index is 11.0. The third kappa shape index (κ3) is 3.52. The average molecular weight is 490 g/mol. The van der Waals surface area contributed by atoms with E-state index in [0.717, 1.165) is 34.4 Å². The Labute approximate surface area is 195 Å². The first-order chi connectivity index (χ1) is 15.7. The van der Waals surface area contributed by atoms with Crippen LogP contribution < -0.4 is 23.2 Å². The molecule has 0 saturated carbocycles. The molecule has 2 atom stereocenters. The second-order valence-electron chi connectivity index (χ2n) is 7.96. The quantitative estimate of drug-likeness (QED) is 0.395. The van der Waals surface area contributed by atoms with Crippen molar-refractivity contribution in [3.63, 3.8) is 0 Å². The number of rotatable bonds is 2. The lowest BCUT2D eigenvalue weighted by molar-refractivity contribution is -2.00. The Hall–Kier alpha value is -2.85. The van der Waals surface area contributed by atoms with Crippen LogP contribution in [-0.2, 0) is 5.41 Å². The van der Waals surface area contributed by atoms with Crippen molar-refractivity contribution in [2.75, 3.05) is 0 Å². The number of fused-ring (bicyclic) bond motifs is 1. The standard InChI is InChI=1S/C23H16ClNO3.ClHO4/c24-17-5-4-16-19-11-23(14-6-9-27-12-14,15-7-10-28-13-15)21(20(16)22(17)26)18-3-1-2-8-25(18)19;2-1(3,4)5/h1-10,12-13,19,21H,11H2;(H,2,3,4,5). The molecule has 170 valence electrons. The molecule has 1 N–H and O–H groups in total. The molecular formula is C23H17Cl2NO7. The smallest absolute Gasteiger partial charge is 0.190 e. The molecule has 0 saturated heterocycles. The Morgan fingerprint density at radius 3 is 2.18 bits per heavy atom. The normalized spacial score (nSPS) is 19.9. The van der Waals surface area contributed by atoms with Gasteiger partial charge in [-0.3, -0.25) is 0 Å². The van der Waals surface area contributed by atoms with Crippen molar-refractivity contribution in [2.24, 2.45) is 0 Å². The summed E-state index contributed by atoms with van der Waals surface area (Å²) in [5.41, 5.74) is 4.90. The van der Waals surface area contributed by atoms with Crippen LogP contribution in [0.15, 0.2) is 82.5 Å². The molecule has 2 aliphatic heterocycles. The summed E-state index contributed by atoms with van der Waals surface area (Å²) < 4.78 is 47.3. The van der Waals surface area contributed by atoms with Crippen LogP contribution in [0, 0.1) is 10.2 Å². The van der Waals surface area contributed by atoms with E-state index in [4.69, 9.17) is 39.1 Å². The summed E-state index contributed by atoms with van der Waals surface area (Å²) in [6.45, 7) is 0. The number of hydrogen-bond acceptors (Lipinski definition) is 7. The lowest BCUT2D eigenvalue weighted by Crippen LogP contribution is -2.68. The lowest BCUT2D eigenvalue weighted by Gasteiger charge is -2.48. The topological polar surface area (TPSA) is 143 Å². The predicted octanol–water partition coefficient (Wildman–Crippen LogP) is 0.188. The molecule has 2 unspecified atom stereocenters. The fourth-order valence-electron chi connectivity index (χ4n) is 5.39. The molecule has 7 rings (SSSR count). The Balaban J connectivity index is 0.000000416. The Morgan fingerprint density at radius 1 is 0.970 bits per heavy atom. The summed E-state index contributed by atoms with van der Waals surface area (Å²) in [5, 5.41) is 11.4. The van der Waals surface area contributed by atoms with E-state index >= 15 is 0 Å². The van der Waals surface area contributed by atoms with Crippen molar-refractivity contribution in [1.82, 2.24) is 0 Å². The molecule has 8 nitrogen and oxygen atoms in total. The van der Waals surface area contributed by atoms with Crippen molar-refractivity contribution in [2.45, 2.75) is 23.8 Å². The summed E-state index contributed by atoms with van der Waals surface area (Å²) in [6.07, 6.45) is 9.99. The number of halogens is 2. The summed E-state index contributed by atoms with van der Waals surface area (Å²) in [7, 11) is -4.94. The van der Waals surface area contributed by atoms with E-state index in [-0.39, 0.29) is 17.7 Å². The molecular weight excluding hydrogens is 473 g/mol. The number of aromatic nitrogens is 1. The third-order valence-electron chi connectivity index (χ3n) is 6.48. The molecule has 0 fully saturated rings. The van der Waals surface area contributed by atoms with Crippen molar-refractivity contribution in [3.05, 3.63) is 107 Å². The Kier molecular flexibility index (Phi) is 5.24. The van der Waals surface area contributed by atoms with Crippen LogP contribution in [0.4, 0.5) is 0 Å². The van der Waals surface area contributed by atoms with Gasteiger partial charge in [-0.25, -0.2) is 18.6 Å². The summed E-state index contributed by atoms with van der Waals surface area (Å²) in [5.74, 6) is 0.0444. The molecule has 0 spiro atoms. The zero-order chi connectivity index (χ0) is 23.4. The first-order valence-electron chi connectivity index (χ1n) is 9.90. The SMILES string of the molecule is Oc1c(Cl)ccc2c1C1c3cccc[n+]3C2CC1(c1ccoc1)c1ccoc1.[O-][Cl+3]([O-])([O-])[O-]. The van der Waals surface area contributed by atoms with Gasteiger partial charge in [0.25, 0.3) is 0 Å². The zero-order valence-corrected chi connectivity index (χ0v) is 18.4. The third-order valence-corrected chi connectivity index (χ3v) is 6.79. The first-order valence-corrected chi connectivity index (χ1v) is 11.5. The molecule has 1 aromatic carbocycles. The molecule has 5 heterocycles. The Morgan fingerprint density at radius 2 is 1.61 bits per heavy atom. The van der Waals surface area contributed by atoms with E-state index < -0.39 is 15.7 Å². The van der Waals surface area contributed by atoms with Crippen molar-refractivity contribution < 1.29 is 47.4 Å². The number of phenols is 1. The average Bonchev–Trinajstić information content (AvgIpc) is 3.50. The number of furan rings is 2. The maximum absolute atomic E-state index is 11.0. The van der Waals surface area contributed by atoms with Gasteiger partial charge in [-0.15, -0.1) is 10.2 Å². The highest BCUT2D eigenvalue weighted by Crippen LogP contribution is 2.61. The highest BCUT2D eigenvalue weighted by atomic mass is 35.7. The minimum Gasteiger partial charge on any atom is -0.506 e. The van der Waals surface area contributed by atoms with E-state index in [2.05, 4.69) is 22.9 Å². The largest absolute Gasteiger partial charge is 0.506 e. The minimum atomic E-state index is -4.94. The van der Waals surface area contributed by atoms with Crippen molar-refractivity contribution in [1.29, 1.82) is 0 Å². The van der Waals surface area contributed by atoms with Crippen molar-refractivity contribution >= 4 is 11.6 Å². The van der Waals surface area contributed by atoms with E-state index in [1.165, 1.54) is 0 Å². The Bertz CT molecular complexity index is 1240. The highest BCUT2D eigenvalue weighted by Gasteiger charge is 2.61. The summed E-state index contributed by atoms with van der Waals surface area (Å²) >= 11 is 6.36. The van der Waals surface area contributed by atoms with Gasteiger partial charge in [0.2, 0.25) is 0 Å². The summed E-state index contributed by atoms with van der Waals surface area (Å²) in [6, 6.07) is 14.2.